The summed E-state index contributed by atoms with van der Waals surface area (Å²) in [6, 6.07) is 5.01. The molecule has 1 fully saturated rings. The third kappa shape index (κ3) is 3.19. The highest BCUT2D eigenvalue weighted by atomic mass is 35.5. The zero-order valence-corrected chi connectivity index (χ0v) is 13.8. The number of rotatable bonds is 7. The molecule has 1 aliphatic rings. The first-order valence-electron chi connectivity index (χ1n) is 6.85. The summed E-state index contributed by atoms with van der Waals surface area (Å²) in [6.45, 7) is 5.61. The van der Waals surface area contributed by atoms with E-state index in [-0.39, 0.29) is 23.8 Å². The molecule has 0 aliphatic heterocycles. The molecule has 8 heteroatoms. The number of pyridine rings is 1. The van der Waals surface area contributed by atoms with Gasteiger partial charge in [0.15, 0.2) is 0 Å². The SMILES string of the molecule is C=C[C@@H]1C[C@@]1(NC(=O)O)P(=O)(Cc1cccc(Cl)n1)OCC. The lowest BCUT2D eigenvalue weighted by Gasteiger charge is -2.28. The Morgan fingerprint density at radius 2 is 2.45 bits per heavy atom. The van der Waals surface area contributed by atoms with Gasteiger partial charge in [-0.15, -0.1) is 6.58 Å². The van der Waals surface area contributed by atoms with Crippen LogP contribution in [0.15, 0.2) is 30.9 Å². The van der Waals surface area contributed by atoms with Gasteiger partial charge in [0.05, 0.1) is 18.5 Å². The summed E-state index contributed by atoms with van der Waals surface area (Å²) in [5, 5.41) is 10.6. The first kappa shape index (κ1) is 17.0. The van der Waals surface area contributed by atoms with Crippen molar-refractivity contribution in [3.63, 3.8) is 0 Å². The summed E-state index contributed by atoms with van der Waals surface area (Å²) in [7, 11) is -3.36. The summed E-state index contributed by atoms with van der Waals surface area (Å²) in [6.07, 6.45) is 0.794. The Balaban J connectivity index is 2.36. The molecular formula is C14H18ClN2O4P. The van der Waals surface area contributed by atoms with Crippen LogP contribution in [0.3, 0.4) is 0 Å². The van der Waals surface area contributed by atoms with Crippen LogP contribution in [0.25, 0.3) is 0 Å². The Hall–Kier alpha value is -1.36. The molecule has 0 saturated heterocycles. The van der Waals surface area contributed by atoms with E-state index >= 15 is 0 Å². The third-order valence-corrected chi connectivity index (χ3v) is 7.15. The summed E-state index contributed by atoms with van der Waals surface area (Å²) < 4.78 is 18.9. The molecule has 1 saturated carbocycles. The van der Waals surface area contributed by atoms with Gasteiger partial charge < -0.3 is 14.9 Å². The van der Waals surface area contributed by atoms with Crippen LogP contribution in [-0.2, 0) is 15.3 Å². The fourth-order valence-electron chi connectivity index (χ4n) is 2.62. The van der Waals surface area contributed by atoms with Crippen LogP contribution in [0, 0.1) is 5.92 Å². The molecule has 0 spiro atoms. The Labute approximate surface area is 134 Å². The average molecular weight is 345 g/mol. The summed E-state index contributed by atoms with van der Waals surface area (Å²) in [4.78, 5) is 15.2. The molecule has 2 N–H and O–H groups in total. The molecule has 1 aromatic heterocycles. The maximum atomic E-state index is 13.4. The van der Waals surface area contributed by atoms with Gasteiger partial charge in [-0.2, -0.15) is 0 Å². The van der Waals surface area contributed by atoms with Crippen molar-refractivity contribution in [1.29, 1.82) is 0 Å². The minimum atomic E-state index is -3.36. The van der Waals surface area contributed by atoms with Crippen LogP contribution in [-0.4, -0.2) is 28.1 Å². The molecule has 0 bridgehead atoms. The van der Waals surface area contributed by atoms with Gasteiger partial charge in [-0.05, 0) is 25.5 Å². The summed E-state index contributed by atoms with van der Waals surface area (Å²) in [5.41, 5.74) is 0.505. The number of hydrogen-bond donors (Lipinski definition) is 2. The van der Waals surface area contributed by atoms with E-state index in [9.17, 15) is 9.36 Å². The highest BCUT2D eigenvalue weighted by Crippen LogP contribution is 2.73. The van der Waals surface area contributed by atoms with Crippen LogP contribution in [0.4, 0.5) is 4.79 Å². The molecule has 22 heavy (non-hydrogen) atoms. The second-order valence-electron chi connectivity index (χ2n) is 5.10. The molecule has 2 rings (SSSR count). The predicted octanol–water partition coefficient (Wildman–Crippen LogP) is 3.72. The monoisotopic (exact) mass is 344 g/mol. The van der Waals surface area contributed by atoms with Gasteiger partial charge >= 0.3 is 6.09 Å². The maximum Gasteiger partial charge on any atom is 0.405 e. The summed E-state index contributed by atoms with van der Waals surface area (Å²) in [5.74, 6) is -0.222. The lowest BCUT2D eigenvalue weighted by atomic mass is 10.4. The minimum Gasteiger partial charge on any atom is -0.465 e. The molecule has 0 radical (unpaired) electrons. The van der Waals surface area contributed by atoms with E-state index in [0.717, 1.165) is 0 Å². The van der Waals surface area contributed by atoms with E-state index < -0.39 is 18.7 Å². The van der Waals surface area contributed by atoms with Gasteiger partial charge in [0.1, 0.15) is 10.4 Å². The second-order valence-corrected chi connectivity index (χ2v) is 8.21. The van der Waals surface area contributed by atoms with E-state index in [4.69, 9.17) is 21.2 Å². The van der Waals surface area contributed by atoms with E-state index in [2.05, 4.69) is 16.9 Å². The minimum absolute atomic E-state index is 0.0199. The number of nitrogens with zero attached hydrogens (tertiary/aromatic N) is 1. The van der Waals surface area contributed by atoms with Gasteiger partial charge in [-0.1, -0.05) is 23.7 Å². The molecule has 1 aliphatic carbocycles. The number of hydrogen-bond acceptors (Lipinski definition) is 4. The molecule has 6 nitrogen and oxygen atoms in total. The normalized spacial score (nSPS) is 26.0. The number of carboxylic acid groups (broad SMARTS) is 1. The van der Waals surface area contributed by atoms with Crippen molar-refractivity contribution < 1.29 is 19.0 Å². The third-order valence-electron chi connectivity index (χ3n) is 3.68. The van der Waals surface area contributed by atoms with E-state index in [1.165, 1.54) is 0 Å². The fraction of sp³-hybridized carbons (Fsp3) is 0.429. The van der Waals surface area contributed by atoms with E-state index in [1.54, 1.807) is 31.2 Å². The zero-order chi connectivity index (χ0) is 16.4. The quantitative estimate of drug-likeness (QED) is 0.447. The van der Waals surface area contributed by atoms with Crippen molar-refractivity contribution >= 4 is 25.1 Å². The number of carbonyl (C=O) groups is 1. The van der Waals surface area contributed by atoms with Crippen molar-refractivity contribution in [2.45, 2.75) is 24.8 Å². The van der Waals surface area contributed by atoms with Gasteiger partial charge in [-0.3, -0.25) is 4.57 Å². The highest BCUT2D eigenvalue weighted by molar-refractivity contribution is 7.60. The van der Waals surface area contributed by atoms with Crippen molar-refractivity contribution in [3.8, 4) is 0 Å². The second kappa shape index (κ2) is 6.41. The van der Waals surface area contributed by atoms with Crippen molar-refractivity contribution in [3.05, 3.63) is 41.7 Å². The predicted molar refractivity (Wildman–Crippen MR) is 84.4 cm³/mol. The molecule has 1 aromatic rings. The Morgan fingerprint density at radius 1 is 1.73 bits per heavy atom. The van der Waals surface area contributed by atoms with Crippen molar-refractivity contribution in [1.82, 2.24) is 10.3 Å². The van der Waals surface area contributed by atoms with Crippen molar-refractivity contribution in [2.75, 3.05) is 6.61 Å². The largest absolute Gasteiger partial charge is 0.465 e. The molecule has 0 aromatic carbocycles. The van der Waals surface area contributed by atoms with Crippen LogP contribution in [0.2, 0.25) is 5.15 Å². The number of halogens is 1. The molecular weight excluding hydrogens is 327 g/mol. The van der Waals surface area contributed by atoms with Gasteiger partial charge in [0.2, 0.25) is 7.37 Å². The first-order chi connectivity index (χ1) is 10.4. The van der Waals surface area contributed by atoms with E-state index in [0.29, 0.717) is 12.1 Å². The number of nitrogens with one attached hydrogen (secondary N) is 1. The van der Waals surface area contributed by atoms with Crippen LogP contribution >= 0.6 is 19.0 Å². The van der Waals surface area contributed by atoms with Crippen LogP contribution in [0.5, 0.6) is 0 Å². The maximum absolute atomic E-state index is 13.4. The van der Waals surface area contributed by atoms with Crippen LogP contribution < -0.4 is 5.32 Å². The molecule has 1 heterocycles. The Morgan fingerprint density at radius 3 is 2.95 bits per heavy atom. The molecule has 1 unspecified atom stereocenters. The summed E-state index contributed by atoms with van der Waals surface area (Å²) >= 11 is 5.85. The fourth-order valence-corrected chi connectivity index (χ4v) is 5.78. The molecule has 1 amide bonds. The van der Waals surface area contributed by atoms with E-state index in [1.807, 2.05) is 0 Å². The lowest BCUT2D eigenvalue weighted by Crippen LogP contribution is -2.38. The standard InChI is InChI=1S/C14H18ClN2O4P/c1-3-10-8-14(10,17-13(18)19)22(20,21-4-2)9-11-6-5-7-12(15)16-11/h3,5-7,10,17H,1,4,8-9H2,2H3,(H,18,19)/t10-,14-,22?/m1/s1. The molecule has 3 atom stereocenters. The number of amides is 1. The van der Waals surface area contributed by atoms with Crippen LogP contribution in [0.1, 0.15) is 19.0 Å². The average Bonchev–Trinajstić information content (AvgIpc) is 3.13. The van der Waals surface area contributed by atoms with Crippen molar-refractivity contribution in [2.24, 2.45) is 5.92 Å². The Kier molecular flexibility index (Phi) is 4.95. The smallest absolute Gasteiger partial charge is 0.405 e. The number of aromatic nitrogens is 1. The van der Waals surface area contributed by atoms with Gasteiger partial charge in [0.25, 0.3) is 0 Å². The topological polar surface area (TPSA) is 88.5 Å². The molecule has 120 valence electrons. The highest BCUT2D eigenvalue weighted by Gasteiger charge is 2.66. The zero-order valence-electron chi connectivity index (χ0n) is 12.2. The lowest BCUT2D eigenvalue weighted by molar-refractivity contribution is 0.189. The first-order valence-corrected chi connectivity index (χ1v) is 9.04. The van der Waals surface area contributed by atoms with Gasteiger partial charge in [0, 0.05) is 5.92 Å². The Bertz CT molecular complexity index is 639. The van der Waals surface area contributed by atoms with Gasteiger partial charge in [-0.25, -0.2) is 9.78 Å².